The predicted molar refractivity (Wildman–Crippen MR) is 64.2 cm³/mol. The molecule has 0 spiro atoms. The second kappa shape index (κ2) is 4.71. The number of aromatic nitrogens is 4. The third kappa shape index (κ3) is 2.22. The van der Waals surface area contributed by atoms with E-state index in [9.17, 15) is 4.79 Å². The molecule has 0 aromatic carbocycles. The summed E-state index contributed by atoms with van der Waals surface area (Å²) in [6.45, 7) is 1.76. The Morgan fingerprint density at radius 1 is 1.67 bits per heavy atom. The van der Waals surface area contributed by atoms with Crippen molar-refractivity contribution in [3.8, 4) is 12.3 Å². The quantitative estimate of drug-likeness (QED) is 0.761. The topological polar surface area (TPSA) is 83.6 Å². The summed E-state index contributed by atoms with van der Waals surface area (Å²) in [5.41, 5.74) is 0.720. The SMILES string of the molecule is C#CCN(CC(=O)O)c1cc(C)nc2ncnn12. The van der Waals surface area contributed by atoms with E-state index in [0.29, 0.717) is 11.6 Å². The van der Waals surface area contributed by atoms with E-state index in [1.54, 1.807) is 13.0 Å². The third-order valence-electron chi connectivity index (χ3n) is 2.29. The molecule has 2 aromatic rings. The summed E-state index contributed by atoms with van der Waals surface area (Å²) in [5.74, 6) is 2.44. The minimum Gasteiger partial charge on any atom is -0.480 e. The highest BCUT2D eigenvalue weighted by Gasteiger charge is 2.15. The Bertz CT molecular complexity index is 628. The molecule has 7 nitrogen and oxygen atoms in total. The average Bonchev–Trinajstić information content (AvgIpc) is 2.74. The molecule has 7 heteroatoms. The van der Waals surface area contributed by atoms with Crippen LogP contribution in [0.3, 0.4) is 0 Å². The first-order valence-electron chi connectivity index (χ1n) is 5.19. The van der Waals surface area contributed by atoms with Crippen molar-refractivity contribution in [1.29, 1.82) is 0 Å². The van der Waals surface area contributed by atoms with Crippen LogP contribution in [0.5, 0.6) is 0 Å². The standard InChI is InChI=1S/C11H11N5O2/c1-3-4-15(6-10(17)18)9-5-8(2)14-11-12-7-13-16(9)11/h1,5,7H,4,6H2,2H3,(H,17,18). The number of terminal acetylenes is 1. The van der Waals surface area contributed by atoms with E-state index >= 15 is 0 Å². The Hall–Kier alpha value is -2.62. The first-order valence-corrected chi connectivity index (χ1v) is 5.19. The molecular weight excluding hydrogens is 234 g/mol. The fourth-order valence-electron chi connectivity index (χ4n) is 1.63. The molecule has 0 aliphatic heterocycles. The Morgan fingerprint density at radius 2 is 2.44 bits per heavy atom. The van der Waals surface area contributed by atoms with Crippen LogP contribution in [0.2, 0.25) is 0 Å². The number of hydrogen-bond acceptors (Lipinski definition) is 5. The summed E-state index contributed by atoms with van der Waals surface area (Å²) in [6, 6.07) is 1.72. The van der Waals surface area contributed by atoms with Crippen LogP contribution in [0.4, 0.5) is 5.82 Å². The van der Waals surface area contributed by atoms with E-state index in [4.69, 9.17) is 11.5 Å². The van der Waals surface area contributed by atoms with Gasteiger partial charge in [-0.25, -0.2) is 4.98 Å². The molecule has 1 N–H and O–H groups in total. The van der Waals surface area contributed by atoms with Crippen LogP contribution in [0.15, 0.2) is 12.4 Å². The van der Waals surface area contributed by atoms with Gasteiger partial charge in [-0.1, -0.05) is 5.92 Å². The number of aryl methyl sites for hydroxylation is 1. The summed E-state index contributed by atoms with van der Waals surface area (Å²) in [5, 5.41) is 12.9. The van der Waals surface area contributed by atoms with Gasteiger partial charge in [-0.15, -0.1) is 6.42 Å². The minimum atomic E-state index is -0.965. The molecule has 0 fully saturated rings. The Labute approximate surface area is 103 Å². The maximum absolute atomic E-state index is 10.8. The summed E-state index contributed by atoms with van der Waals surface area (Å²) in [7, 11) is 0. The number of anilines is 1. The Kier molecular flexibility index (Phi) is 3.10. The highest BCUT2D eigenvalue weighted by atomic mass is 16.4. The number of carboxylic acids is 1. The first-order chi connectivity index (χ1) is 8.61. The molecule has 0 aliphatic carbocycles. The monoisotopic (exact) mass is 245 g/mol. The highest BCUT2D eigenvalue weighted by Crippen LogP contribution is 2.15. The van der Waals surface area contributed by atoms with E-state index in [1.165, 1.54) is 15.7 Å². The molecule has 2 aromatic heterocycles. The lowest BCUT2D eigenvalue weighted by Crippen LogP contribution is -2.32. The lowest BCUT2D eigenvalue weighted by atomic mass is 10.3. The molecule has 2 heterocycles. The van der Waals surface area contributed by atoms with E-state index in [1.807, 2.05) is 0 Å². The minimum absolute atomic E-state index is 0.171. The van der Waals surface area contributed by atoms with Gasteiger partial charge in [0.05, 0.1) is 6.54 Å². The summed E-state index contributed by atoms with van der Waals surface area (Å²) >= 11 is 0. The zero-order valence-corrected chi connectivity index (χ0v) is 9.74. The number of rotatable bonds is 4. The molecule has 0 bridgehead atoms. The summed E-state index contributed by atoms with van der Waals surface area (Å²) in [4.78, 5) is 20.5. The van der Waals surface area contributed by atoms with E-state index in [0.717, 1.165) is 5.69 Å². The van der Waals surface area contributed by atoms with E-state index in [-0.39, 0.29) is 13.1 Å². The van der Waals surface area contributed by atoms with Crippen molar-refractivity contribution in [1.82, 2.24) is 19.6 Å². The van der Waals surface area contributed by atoms with Crippen LogP contribution in [0.25, 0.3) is 5.78 Å². The van der Waals surface area contributed by atoms with Gasteiger partial charge in [0.2, 0.25) is 0 Å². The second-order valence-corrected chi connectivity index (χ2v) is 3.68. The smallest absolute Gasteiger partial charge is 0.323 e. The van der Waals surface area contributed by atoms with Crippen molar-refractivity contribution in [2.24, 2.45) is 0 Å². The zero-order chi connectivity index (χ0) is 13.1. The van der Waals surface area contributed by atoms with Crippen LogP contribution in [0, 0.1) is 19.3 Å². The van der Waals surface area contributed by atoms with Gasteiger partial charge in [-0.2, -0.15) is 14.6 Å². The molecule has 0 saturated heterocycles. The number of carboxylic acid groups (broad SMARTS) is 1. The summed E-state index contributed by atoms with van der Waals surface area (Å²) in [6.07, 6.45) is 6.62. The second-order valence-electron chi connectivity index (χ2n) is 3.68. The Balaban J connectivity index is 2.52. The van der Waals surface area contributed by atoms with Crippen molar-refractivity contribution >= 4 is 17.6 Å². The van der Waals surface area contributed by atoms with Crippen LogP contribution >= 0.6 is 0 Å². The van der Waals surface area contributed by atoms with Gasteiger partial charge in [0.1, 0.15) is 18.7 Å². The predicted octanol–water partition coefficient (Wildman–Crippen LogP) is -0.0431. The largest absolute Gasteiger partial charge is 0.480 e. The molecule has 0 aliphatic rings. The fourth-order valence-corrected chi connectivity index (χ4v) is 1.63. The fraction of sp³-hybridized carbons (Fsp3) is 0.273. The van der Waals surface area contributed by atoms with Crippen molar-refractivity contribution < 1.29 is 9.90 Å². The van der Waals surface area contributed by atoms with Crippen molar-refractivity contribution in [2.75, 3.05) is 18.0 Å². The maximum Gasteiger partial charge on any atom is 0.323 e. The number of fused-ring (bicyclic) bond motifs is 1. The molecule has 2 rings (SSSR count). The molecule has 18 heavy (non-hydrogen) atoms. The normalized spacial score (nSPS) is 10.2. The van der Waals surface area contributed by atoms with Crippen molar-refractivity contribution in [3.05, 3.63) is 18.1 Å². The third-order valence-corrected chi connectivity index (χ3v) is 2.29. The first kappa shape index (κ1) is 11.9. The van der Waals surface area contributed by atoms with Crippen LogP contribution < -0.4 is 4.90 Å². The van der Waals surface area contributed by atoms with E-state index < -0.39 is 5.97 Å². The highest BCUT2D eigenvalue weighted by molar-refractivity contribution is 5.73. The van der Waals surface area contributed by atoms with Crippen LogP contribution in [0.1, 0.15) is 5.69 Å². The van der Waals surface area contributed by atoms with Crippen LogP contribution in [-0.4, -0.2) is 43.7 Å². The van der Waals surface area contributed by atoms with Gasteiger partial charge in [-0.3, -0.25) is 4.79 Å². The van der Waals surface area contributed by atoms with E-state index in [2.05, 4.69) is 21.0 Å². The van der Waals surface area contributed by atoms with Crippen molar-refractivity contribution in [2.45, 2.75) is 6.92 Å². The molecule has 0 amide bonds. The Morgan fingerprint density at radius 3 is 3.11 bits per heavy atom. The molecule has 92 valence electrons. The summed E-state index contributed by atoms with van der Waals surface area (Å²) < 4.78 is 1.47. The lowest BCUT2D eigenvalue weighted by molar-refractivity contribution is -0.135. The van der Waals surface area contributed by atoms with Gasteiger partial charge >= 0.3 is 5.97 Å². The number of nitrogens with zero attached hydrogens (tertiary/aromatic N) is 5. The molecule has 0 radical (unpaired) electrons. The number of carbonyl (C=O) groups is 1. The van der Waals surface area contributed by atoms with Crippen LogP contribution in [-0.2, 0) is 4.79 Å². The molecule has 0 saturated carbocycles. The maximum atomic E-state index is 10.8. The van der Waals surface area contributed by atoms with Gasteiger partial charge < -0.3 is 10.0 Å². The number of hydrogen-bond donors (Lipinski definition) is 1. The van der Waals surface area contributed by atoms with Gasteiger partial charge in [0.15, 0.2) is 0 Å². The lowest BCUT2D eigenvalue weighted by Gasteiger charge is -2.20. The molecule has 0 atom stereocenters. The van der Waals surface area contributed by atoms with Crippen molar-refractivity contribution in [3.63, 3.8) is 0 Å². The molecule has 0 unspecified atom stereocenters. The zero-order valence-electron chi connectivity index (χ0n) is 9.74. The molecular formula is C11H11N5O2. The van der Waals surface area contributed by atoms with Gasteiger partial charge in [0.25, 0.3) is 5.78 Å². The average molecular weight is 245 g/mol. The van der Waals surface area contributed by atoms with Gasteiger partial charge in [0, 0.05) is 11.8 Å². The number of aliphatic carboxylic acids is 1. The van der Waals surface area contributed by atoms with Gasteiger partial charge in [-0.05, 0) is 6.92 Å².